The quantitative estimate of drug-likeness (QED) is 0.831. The number of rotatable bonds is 5. The van der Waals surface area contributed by atoms with Gasteiger partial charge in [-0.3, -0.25) is 4.79 Å². The predicted molar refractivity (Wildman–Crippen MR) is 84.5 cm³/mol. The van der Waals surface area contributed by atoms with Gasteiger partial charge < -0.3 is 10.6 Å². The summed E-state index contributed by atoms with van der Waals surface area (Å²) in [6.45, 7) is 2.34. The molecule has 0 aliphatic rings. The summed E-state index contributed by atoms with van der Waals surface area (Å²) < 4.78 is 0. The van der Waals surface area contributed by atoms with E-state index in [1.165, 1.54) is 0 Å². The number of nitrogens with zero attached hydrogens (tertiary/aromatic N) is 1. The molecule has 3 N–H and O–H groups in total. The highest BCUT2D eigenvalue weighted by atomic mass is 35.5. The average molecular weight is 325 g/mol. The molecule has 0 fully saturated rings. The smallest absolute Gasteiger partial charge is 0.279 e. The Morgan fingerprint density at radius 1 is 1.29 bits per heavy atom. The van der Waals surface area contributed by atoms with Crippen molar-refractivity contribution in [2.75, 3.05) is 11.9 Å². The van der Waals surface area contributed by atoms with Crippen molar-refractivity contribution in [3.05, 3.63) is 58.3 Å². The number of carbonyl (C=O) groups is 1. The normalized spacial score (nSPS) is 12.0. The Morgan fingerprint density at radius 2 is 2.00 bits per heavy atom. The molecule has 4 nitrogen and oxygen atoms in total. The van der Waals surface area contributed by atoms with Crippen molar-refractivity contribution < 1.29 is 10.1 Å². The molecule has 0 aliphatic carbocycles. The summed E-state index contributed by atoms with van der Waals surface area (Å²) in [7, 11) is 0. The van der Waals surface area contributed by atoms with Gasteiger partial charge in [0.15, 0.2) is 11.7 Å². The first-order valence-electron chi connectivity index (χ1n) is 6.55. The minimum atomic E-state index is -0.120. The largest absolute Gasteiger partial charge is 0.333 e. The van der Waals surface area contributed by atoms with E-state index in [1.54, 1.807) is 18.3 Å². The van der Waals surface area contributed by atoms with Crippen LogP contribution in [0, 0.1) is 0 Å². The Labute approximate surface area is 133 Å². The van der Waals surface area contributed by atoms with Crippen LogP contribution in [0.2, 0.25) is 10.2 Å². The predicted octanol–water partition coefficient (Wildman–Crippen LogP) is 2.65. The molecule has 0 saturated heterocycles. The Bertz CT molecular complexity index is 617. The van der Waals surface area contributed by atoms with Crippen LogP contribution in [0.5, 0.6) is 0 Å². The van der Waals surface area contributed by atoms with Crippen LogP contribution in [0.4, 0.5) is 5.69 Å². The minimum absolute atomic E-state index is 0.120. The summed E-state index contributed by atoms with van der Waals surface area (Å²) in [6, 6.07) is 11.2. The average Bonchev–Trinajstić information content (AvgIpc) is 2.48. The first-order chi connectivity index (χ1) is 10.1. The minimum Gasteiger partial charge on any atom is -0.333 e. The Balaban J connectivity index is 1.86. The van der Waals surface area contributed by atoms with Crippen molar-refractivity contribution in [3.8, 4) is 0 Å². The lowest BCUT2D eigenvalue weighted by atomic mass is 10.1. The van der Waals surface area contributed by atoms with Gasteiger partial charge in [0.05, 0.1) is 5.69 Å². The monoisotopic (exact) mass is 324 g/mol. The van der Waals surface area contributed by atoms with Crippen LogP contribution < -0.4 is 10.6 Å². The van der Waals surface area contributed by atoms with Crippen LogP contribution >= 0.6 is 23.2 Å². The lowest BCUT2D eigenvalue weighted by Gasteiger charge is -2.11. The maximum absolute atomic E-state index is 11.9. The van der Waals surface area contributed by atoms with Gasteiger partial charge in [-0.1, -0.05) is 35.3 Å². The van der Waals surface area contributed by atoms with E-state index in [2.05, 4.69) is 10.3 Å². The fraction of sp³-hybridized carbons (Fsp3) is 0.200. The van der Waals surface area contributed by atoms with Crippen LogP contribution in [0.25, 0.3) is 0 Å². The summed E-state index contributed by atoms with van der Waals surface area (Å²) >= 11 is 11.7. The van der Waals surface area contributed by atoms with E-state index in [4.69, 9.17) is 23.2 Å². The number of benzene rings is 1. The van der Waals surface area contributed by atoms with E-state index in [0.717, 1.165) is 5.56 Å². The summed E-state index contributed by atoms with van der Waals surface area (Å²) in [5.74, 6) is -0.120. The van der Waals surface area contributed by atoms with Crippen molar-refractivity contribution in [3.63, 3.8) is 0 Å². The zero-order valence-electron chi connectivity index (χ0n) is 11.5. The molecule has 1 amide bonds. The molecule has 0 bridgehead atoms. The highest BCUT2D eigenvalue weighted by molar-refractivity contribution is 6.32. The molecule has 1 atom stereocenters. The third-order valence-corrected chi connectivity index (χ3v) is 3.64. The second-order valence-electron chi connectivity index (χ2n) is 4.67. The molecule has 0 aliphatic heterocycles. The van der Waals surface area contributed by atoms with Gasteiger partial charge in [-0.05, 0) is 31.2 Å². The van der Waals surface area contributed by atoms with E-state index in [-0.39, 0.29) is 17.1 Å². The zero-order valence-corrected chi connectivity index (χ0v) is 13.0. The number of halogens is 2. The summed E-state index contributed by atoms with van der Waals surface area (Å²) in [4.78, 5) is 15.8. The second-order valence-corrected chi connectivity index (χ2v) is 5.46. The SMILES string of the molecule is C[C@@H]([NH2+]CC(=O)Nc1cccnc1Cl)c1ccc(Cl)cc1. The molecule has 0 radical (unpaired) electrons. The van der Waals surface area contributed by atoms with Crippen molar-refractivity contribution in [1.29, 1.82) is 0 Å². The molecule has 6 heteroatoms. The van der Waals surface area contributed by atoms with Crippen molar-refractivity contribution >= 4 is 34.8 Å². The van der Waals surface area contributed by atoms with Crippen molar-refractivity contribution in [2.24, 2.45) is 0 Å². The van der Waals surface area contributed by atoms with E-state index in [9.17, 15) is 4.79 Å². The molecular formula is C15H16Cl2N3O+. The van der Waals surface area contributed by atoms with Crippen LogP contribution in [-0.2, 0) is 4.79 Å². The molecule has 21 heavy (non-hydrogen) atoms. The Kier molecular flexibility index (Phi) is 5.56. The first-order valence-corrected chi connectivity index (χ1v) is 7.31. The van der Waals surface area contributed by atoms with Gasteiger partial charge in [-0.25, -0.2) is 4.98 Å². The molecular weight excluding hydrogens is 309 g/mol. The molecule has 2 aromatic rings. The van der Waals surface area contributed by atoms with Gasteiger partial charge in [0.25, 0.3) is 5.91 Å². The van der Waals surface area contributed by atoms with Gasteiger partial charge in [0.1, 0.15) is 6.04 Å². The summed E-state index contributed by atoms with van der Waals surface area (Å²) in [5.41, 5.74) is 1.64. The highest BCUT2D eigenvalue weighted by Crippen LogP contribution is 2.17. The third kappa shape index (κ3) is 4.70. The number of pyridine rings is 1. The molecule has 1 heterocycles. The maximum atomic E-state index is 11.9. The lowest BCUT2D eigenvalue weighted by Crippen LogP contribution is -2.86. The fourth-order valence-electron chi connectivity index (χ4n) is 1.87. The van der Waals surface area contributed by atoms with Gasteiger partial charge in [0.2, 0.25) is 0 Å². The number of aromatic nitrogens is 1. The number of quaternary nitrogens is 1. The van der Waals surface area contributed by atoms with Crippen LogP contribution in [-0.4, -0.2) is 17.4 Å². The fourth-order valence-corrected chi connectivity index (χ4v) is 2.16. The lowest BCUT2D eigenvalue weighted by molar-refractivity contribution is -0.682. The van der Waals surface area contributed by atoms with Gasteiger partial charge in [-0.2, -0.15) is 0 Å². The van der Waals surface area contributed by atoms with Crippen LogP contribution in [0.3, 0.4) is 0 Å². The Hall–Kier alpha value is -1.62. The van der Waals surface area contributed by atoms with E-state index >= 15 is 0 Å². The van der Waals surface area contributed by atoms with E-state index in [0.29, 0.717) is 17.3 Å². The highest BCUT2D eigenvalue weighted by Gasteiger charge is 2.12. The third-order valence-electron chi connectivity index (χ3n) is 3.09. The van der Waals surface area contributed by atoms with E-state index in [1.807, 2.05) is 36.5 Å². The number of nitrogens with two attached hydrogens (primary N) is 1. The number of carbonyl (C=O) groups excluding carboxylic acids is 1. The number of hydrogen-bond acceptors (Lipinski definition) is 2. The molecule has 1 aromatic carbocycles. The van der Waals surface area contributed by atoms with Crippen LogP contribution in [0.15, 0.2) is 42.6 Å². The standard InChI is InChI=1S/C15H15Cl2N3O/c1-10(11-4-6-12(16)7-5-11)19-9-14(21)20-13-3-2-8-18-15(13)17/h2-8,10,19H,9H2,1H3,(H,20,21)/p+1/t10-/m1/s1. The second kappa shape index (κ2) is 7.41. The number of hydrogen-bond donors (Lipinski definition) is 2. The topological polar surface area (TPSA) is 58.6 Å². The van der Waals surface area contributed by atoms with Crippen molar-refractivity contribution in [2.45, 2.75) is 13.0 Å². The van der Waals surface area contributed by atoms with Crippen molar-refractivity contribution in [1.82, 2.24) is 4.98 Å². The summed E-state index contributed by atoms with van der Waals surface area (Å²) in [5, 5.41) is 5.68. The number of amides is 1. The maximum Gasteiger partial charge on any atom is 0.279 e. The van der Waals surface area contributed by atoms with Crippen LogP contribution in [0.1, 0.15) is 18.5 Å². The van der Waals surface area contributed by atoms with Gasteiger partial charge >= 0.3 is 0 Å². The molecule has 2 rings (SSSR count). The number of anilines is 1. The number of nitrogens with one attached hydrogen (secondary N) is 1. The Morgan fingerprint density at radius 3 is 2.67 bits per heavy atom. The van der Waals surface area contributed by atoms with Gasteiger partial charge in [0, 0.05) is 16.8 Å². The summed E-state index contributed by atoms with van der Waals surface area (Å²) in [6.07, 6.45) is 1.58. The molecule has 0 unspecified atom stereocenters. The van der Waals surface area contributed by atoms with E-state index < -0.39 is 0 Å². The molecule has 0 saturated carbocycles. The zero-order chi connectivity index (χ0) is 15.2. The first kappa shape index (κ1) is 15.8. The molecule has 0 spiro atoms. The van der Waals surface area contributed by atoms with Gasteiger partial charge in [-0.15, -0.1) is 0 Å². The molecule has 1 aromatic heterocycles. The molecule has 110 valence electrons.